The monoisotopic (exact) mass is 432 g/mol. The smallest absolute Gasteiger partial charge is 0.240 e. The molecule has 0 spiro atoms. The minimum absolute atomic E-state index is 0.111. The van der Waals surface area contributed by atoms with E-state index < -0.39 is 0 Å². The van der Waals surface area contributed by atoms with E-state index in [1.54, 1.807) is 20.5 Å². The molecule has 0 aliphatic heterocycles. The number of hydrogen-bond donors (Lipinski definition) is 2. The van der Waals surface area contributed by atoms with Gasteiger partial charge in [0, 0.05) is 17.8 Å². The Balaban J connectivity index is 1.60. The quantitative estimate of drug-likeness (QED) is 0.417. The fraction of sp³-hybridized carbons (Fsp3) is 0.167. The highest BCUT2D eigenvalue weighted by molar-refractivity contribution is 5.91. The molecule has 2 N–H and O–H groups in total. The van der Waals surface area contributed by atoms with Crippen LogP contribution >= 0.6 is 0 Å². The maximum atomic E-state index is 12.6. The van der Waals surface area contributed by atoms with Crippen LogP contribution in [0.25, 0.3) is 16.9 Å². The number of methoxy groups -OCH3 is 2. The van der Waals surface area contributed by atoms with Gasteiger partial charge in [-0.3, -0.25) is 14.7 Å². The van der Waals surface area contributed by atoms with Crippen molar-refractivity contribution >= 4 is 11.9 Å². The first-order chi connectivity index (χ1) is 15.7. The molecule has 8 heteroatoms. The molecule has 4 aromatic rings. The molecule has 2 heterocycles. The maximum Gasteiger partial charge on any atom is 0.240 e. The van der Waals surface area contributed by atoms with E-state index in [1.165, 1.54) is 0 Å². The number of anilines is 1. The first-order valence-corrected chi connectivity index (χ1v) is 10.1. The predicted molar refractivity (Wildman–Crippen MR) is 121 cm³/mol. The van der Waals surface area contributed by atoms with Crippen LogP contribution in [0.3, 0.4) is 0 Å². The molecule has 1 amide bonds. The summed E-state index contributed by atoms with van der Waals surface area (Å²) in [5.74, 6) is 2.14. The lowest BCUT2D eigenvalue weighted by molar-refractivity contribution is -0.115. The van der Waals surface area contributed by atoms with Crippen molar-refractivity contribution in [3.8, 4) is 28.4 Å². The summed E-state index contributed by atoms with van der Waals surface area (Å²) in [6.45, 7) is 0.569. The molecule has 4 rings (SSSR count). The highest BCUT2D eigenvalue weighted by Gasteiger charge is 2.15. The second kappa shape index (κ2) is 9.84. The molecule has 164 valence electrons. The zero-order valence-corrected chi connectivity index (χ0v) is 17.9. The number of carbonyl (C=O) groups is 1. The molecule has 0 aliphatic carbocycles. The van der Waals surface area contributed by atoms with Crippen molar-refractivity contribution in [3.63, 3.8) is 0 Å². The number of benzene rings is 2. The summed E-state index contributed by atoms with van der Waals surface area (Å²) < 4.78 is 17.9. The number of imidazole rings is 1. The fourth-order valence-electron chi connectivity index (χ4n) is 3.27. The van der Waals surface area contributed by atoms with Gasteiger partial charge in [-0.1, -0.05) is 30.3 Å². The van der Waals surface area contributed by atoms with E-state index in [9.17, 15) is 4.79 Å². The van der Waals surface area contributed by atoms with Gasteiger partial charge in [-0.2, -0.15) is 0 Å². The van der Waals surface area contributed by atoms with Crippen LogP contribution in [0.2, 0.25) is 0 Å². The molecule has 0 atom stereocenters. The summed E-state index contributed by atoms with van der Waals surface area (Å²) in [4.78, 5) is 17.3. The number of nitrogens with zero attached hydrogens (tertiary/aromatic N) is 2. The van der Waals surface area contributed by atoms with Gasteiger partial charge in [-0.15, -0.1) is 0 Å². The van der Waals surface area contributed by atoms with E-state index in [0.717, 1.165) is 22.7 Å². The summed E-state index contributed by atoms with van der Waals surface area (Å²) >= 11 is 0. The van der Waals surface area contributed by atoms with Gasteiger partial charge in [0.1, 0.15) is 5.76 Å². The second-order valence-corrected chi connectivity index (χ2v) is 6.96. The van der Waals surface area contributed by atoms with E-state index >= 15 is 0 Å². The predicted octanol–water partition coefficient (Wildman–Crippen LogP) is 3.88. The van der Waals surface area contributed by atoms with Gasteiger partial charge in [0.25, 0.3) is 0 Å². The topological polar surface area (TPSA) is 90.5 Å². The fourth-order valence-corrected chi connectivity index (χ4v) is 3.27. The molecule has 2 aromatic heterocycles. The average molecular weight is 432 g/mol. The molecule has 0 saturated heterocycles. The van der Waals surface area contributed by atoms with Crippen molar-refractivity contribution in [2.24, 2.45) is 0 Å². The molecule has 0 bridgehead atoms. The molecular formula is C24H24N4O4. The third-order valence-corrected chi connectivity index (χ3v) is 4.84. The highest BCUT2D eigenvalue weighted by atomic mass is 16.5. The van der Waals surface area contributed by atoms with E-state index in [0.29, 0.717) is 24.0 Å². The van der Waals surface area contributed by atoms with Crippen molar-refractivity contribution in [2.75, 3.05) is 26.1 Å². The SMILES string of the molecule is COc1ccc(-n2cc(-c3ccccc3)nc2NC(=O)CNCc2ccco2)cc1OC. The number of ether oxygens (including phenoxy) is 2. The maximum absolute atomic E-state index is 12.6. The van der Waals surface area contributed by atoms with Crippen molar-refractivity contribution < 1.29 is 18.7 Å². The number of carbonyl (C=O) groups excluding carboxylic acids is 1. The van der Waals surface area contributed by atoms with Crippen LogP contribution in [-0.2, 0) is 11.3 Å². The first-order valence-electron chi connectivity index (χ1n) is 10.1. The number of amides is 1. The minimum Gasteiger partial charge on any atom is -0.493 e. The molecule has 0 saturated carbocycles. The molecule has 32 heavy (non-hydrogen) atoms. The Kier molecular flexibility index (Phi) is 6.52. The Morgan fingerprint density at radius 3 is 2.56 bits per heavy atom. The van der Waals surface area contributed by atoms with Gasteiger partial charge in [0.2, 0.25) is 11.9 Å². The van der Waals surface area contributed by atoms with E-state index in [1.807, 2.05) is 71.4 Å². The van der Waals surface area contributed by atoms with Crippen LogP contribution in [0.1, 0.15) is 5.76 Å². The summed E-state index contributed by atoms with van der Waals surface area (Å²) in [6, 6.07) is 19.0. The Hall–Kier alpha value is -4.04. The number of aromatic nitrogens is 2. The number of nitrogens with one attached hydrogen (secondary N) is 2. The third-order valence-electron chi connectivity index (χ3n) is 4.84. The van der Waals surface area contributed by atoms with Crippen LogP contribution < -0.4 is 20.1 Å². The van der Waals surface area contributed by atoms with E-state index in [4.69, 9.17) is 13.9 Å². The Morgan fingerprint density at radius 2 is 1.84 bits per heavy atom. The van der Waals surface area contributed by atoms with Crippen LogP contribution in [0.5, 0.6) is 11.5 Å². The van der Waals surface area contributed by atoms with Gasteiger partial charge in [0.05, 0.1) is 45.0 Å². The Morgan fingerprint density at radius 1 is 1.03 bits per heavy atom. The van der Waals surface area contributed by atoms with Crippen molar-refractivity contribution in [3.05, 3.63) is 78.9 Å². The van der Waals surface area contributed by atoms with Gasteiger partial charge in [0.15, 0.2) is 11.5 Å². The second-order valence-electron chi connectivity index (χ2n) is 6.96. The van der Waals surface area contributed by atoms with Crippen LogP contribution in [0.15, 0.2) is 77.5 Å². The lowest BCUT2D eigenvalue weighted by Gasteiger charge is -2.12. The first kappa shape index (κ1) is 21.2. The molecule has 2 aromatic carbocycles. The van der Waals surface area contributed by atoms with Crippen molar-refractivity contribution in [1.29, 1.82) is 0 Å². The Bertz CT molecular complexity index is 1170. The standard InChI is InChI=1S/C24H24N4O4/c1-30-21-11-10-18(13-22(21)31-2)28-16-20(17-7-4-3-5-8-17)26-24(28)27-23(29)15-25-14-19-9-6-12-32-19/h3-13,16,25H,14-15H2,1-2H3,(H,26,27,29). The van der Waals surface area contributed by atoms with Crippen LogP contribution in [0.4, 0.5) is 5.95 Å². The lowest BCUT2D eigenvalue weighted by atomic mass is 10.2. The molecule has 0 aliphatic rings. The van der Waals surface area contributed by atoms with E-state index in [2.05, 4.69) is 15.6 Å². The zero-order chi connectivity index (χ0) is 22.3. The molecular weight excluding hydrogens is 408 g/mol. The largest absolute Gasteiger partial charge is 0.493 e. The van der Waals surface area contributed by atoms with Crippen LogP contribution in [-0.4, -0.2) is 36.2 Å². The zero-order valence-electron chi connectivity index (χ0n) is 17.9. The number of furan rings is 1. The minimum atomic E-state index is -0.219. The van der Waals surface area contributed by atoms with Crippen molar-refractivity contribution in [2.45, 2.75) is 6.54 Å². The van der Waals surface area contributed by atoms with Gasteiger partial charge < -0.3 is 19.2 Å². The van der Waals surface area contributed by atoms with Gasteiger partial charge >= 0.3 is 0 Å². The molecule has 8 nitrogen and oxygen atoms in total. The molecule has 0 unspecified atom stereocenters. The summed E-state index contributed by atoms with van der Waals surface area (Å²) in [5.41, 5.74) is 2.45. The Labute approximate surface area is 185 Å². The summed E-state index contributed by atoms with van der Waals surface area (Å²) in [5, 5.41) is 5.95. The summed E-state index contributed by atoms with van der Waals surface area (Å²) in [6.07, 6.45) is 3.48. The van der Waals surface area contributed by atoms with Crippen LogP contribution in [0, 0.1) is 0 Å². The highest BCUT2D eigenvalue weighted by Crippen LogP contribution is 2.31. The number of hydrogen-bond acceptors (Lipinski definition) is 6. The van der Waals surface area contributed by atoms with Gasteiger partial charge in [-0.05, 0) is 24.3 Å². The summed E-state index contributed by atoms with van der Waals surface area (Å²) in [7, 11) is 3.17. The molecule has 0 radical (unpaired) electrons. The number of rotatable bonds is 9. The normalized spacial score (nSPS) is 10.7. The van der Waals surface area contributed by atoms with Crippen molar-refractivity contribution in [1.82, 2.24) is 14.9 Å². The molecule has 0 fully saturated rings. The van der Waals surface area contributed by atoms with Gasteiger partial charge in [-0.25, -0.2) is 4.98 Å². The van der Waals surface area contributed by atoms with E-state index in [-0.39, 0.29) is 12.5 Å². The average Bonchev–Trinajstić information content (AvgIpc) is 3.49. The third kappa shape index (κ3) is 4.81. The lowest BCUT2D eigenvalue weighted by Crippen LogP contribution is -2.28.